The van der Waals surface area contributed by atoms with E-state index in [2.05, 4.69) is 4.98 Å². The molecule has 1 atom stereocenters. The van der Waals surface area contributed by atoms with Crippen LogP contribution in [0.4, 0.5) is 4.39 Å². The van der Waals surface area contributed by atoms with Crippen LogP contribution in [0.5, 0.6) is 0 Å². The van der Waals surface area contributed by atoms with Crippen LogP contribution in [0, 0.1) is 11.7 Å². The Hall–Kier alpha value is -0.800. The van der Waals surface area contributed by atoms with Gasteiger partial charge in [-0.25, -0.2) is 9.37 Å². The van der Waals surface area contributed by atoms with Crippen molar-refractivity contribution in [3.05, 3.63) is 28.8 Å². The molecule has 108 valence electrons. The number of imidazole rings is 1. The van der Waals surface area contributed by atoms with Crippen molar-refractivity contribution in [2.45, 2.75) is 44.5 Å². The van der Waals surface area contributed by atoms with Crippen molar-refractivity contribution in [3.8, 4) is 0 Å². The average molecular weight is 315 g/mol. The van der Waals surface area contributed by atoms with E-state index in [1.165, 1.54) is 25.3 Å². The molecule has 2 aromatic rings. The molecule has 1 aliphatic rings. The Bertz CT molecular complexity index is 632. The monoisotopic (exact) mass is 314 g/mol. The highest BCUT2D eigenvalue weighted by Gasteiger charge is 2.21. The summed E-state index contributed by atoms with van der Waals surface area (Å²) >= 11 is 12.0. The van der Waals surface area contributed by atoms with Gasteiger partial charge in [-0.1, -0.05) is 24.4 Å². The first kappa shape index (κ1) is 14.2. The first-order valence-electron chi connectivity index (χ1n) is 7.05. The minimum Gasteiger partial charge on any atom is -0.327 e. The second-order valence-corrected chi connectivity index (χ2v) is 6.64. The van der Waals surface area contributed by atoms with Crippen LogP contribution in [0.2, 0.25) is 5.02 Å². The number of aryl methyl sites for hydroxylation is 1. The van der Waals surface area contributed by atoms with Crippen molar-refractivity contribution in [2.24, 2.45) is 5.92 Å². The van der Waals surface area contributed by atoms with Gasteiger partial charge in [-0.05, 0) is 31.7 Å². The summed E-state index contributed by atoms with van der Waals surface area (Å²) in [6.45, 7) is 2.72. The Labute approximate surface area is 127 Å². The van der Waals surface area contributed by atoms with E-state index >= 15 is 0 Å². The van der Waals surface area contributed by atoms with Crippen molar-refractivity contribution >= 4 is 34.2 Å². The lowest BCUT2D eigenvalue weighted by molar-refractivity contribution is 0.568. The van der Waals surface area contributed by atoms with Gasteiger partial charge >= 0.3 is 0 Å². The third-order valence-corrected chi connectivity index (χ3v) is 4.35. The van der Waals surface area contributed by atoms with E-state index in [4.69, 9.17) is 23.2 Å². The molecular formula is C15H17Cl2FN2. The van der Waals surface area contributed by atoms with Crippen molar-refractivity contribution in [1.82, 2.24) is 9.55 Å². The molecule has 1 aromatic carbocycles. The third-order valence-electron chi connectivity index (χ3n) is 3.87. The number of rotatable bonds is 5. The number of nitrogens with zero attached hydrogens (tertiary/aromatic N) is 2. The molecule has 3 rings (SSSR count). The number of halogens is 3. The number of hydrogen-bond donors (Lipinski definition) is 0. The summed E-state index contributed by atoms with van der Waals surface area (Å²) in [5, 5.41) is -0.0981. The Morgan fingerprint density at radius 2 is 2.20 bits per heavy atom. The molecule has 0 amide bonds. The Morgan fingerprint density at radius 3 is 2.85 bits per heavy atom. The zero-order valence-corrected chi connectivity index (χ0v) is 12.9. The van der Waals surface area contributed by atoms with Crippen LogP contribution in [0.25, 0.3) is 11.0 Å². The average Bonchev–Trinajstić information content (AvgIpc) is 3.14. The largest absolute Gasteiger partial charge is 0.327 e. The van der Waals surface area contributed by atoms with Gasteiger partial charge in [-0.15, -0.1) is 11.6 Å². The number of fused-ring (bicyclic) bond motifs is 1. The minimum atomic E-state index is -0.406. The molecule has 5 heteroatoms. The summed E-state index contributed by atoms with van der Waals surface area (Å²) in [5.41, 5.74) is 1.50. The van der Waals surface area contributed by atoms with Gasteiger partial charge in [-0.3, -0.25) is 0 Å². The zero-order valence-electron chi connectivity index (χ0n) is 11.4. The predicted octanol–water partition coefficient (Wildman–Crippen LogP) is 5.32. The lowest BCUT2D eigenvalue weighted by Gasteiger charge is -2.10. The van der Waals surface area contributed by atoms with Crippen molar-refractivity contribution in [1.29, 1.82) is 0 Å². The molecule has 0 bridgehead atoms. The first-order chi connectivity index (χ1) is 9.56. The summed E-state index contributed by atoms with van der Waals surface area (Å²) in [4.78, 5) is 4.51. The summed E-state index contributed by atoms with van der Waals surface area (Å²) in [7, 11) is 0. The Balaban J connectivity index is 1.96. The molecule has 0 aliphatic heterocycles. The minimum absolute atomic E-state index is 0.105. The molecule has 1 fully saturated rings. The van der Waals surface area contributed by atoms with Crippen LogP contribution in [-0.4, -0.2) is 9.55 Å². The molecular weight excluding hydrogens is 298 g/mol. The van der Waals surface area contributed by atoms with Crippen molar-refractivity contribution in [3.63, 3.8) is 0 Å². The molecule has 1 saturated carbocycles. The lowest BCUT2D eigenvalue weighted by Crippen LogP contribution is -2.05. The lowest BCUT2D eigenvalue weighted by atomic mass is 10.2. The van der Waals surface area contributed by atoms with Crippen LogP contribution in [0.1, 0.15) is 43.8 Å². The summed E-state index contributed by atoms with van der Waals surface area (Å²) < 4.78 is 15.7. The van der Waals surface area contributed by atoms with Crippen LogP contribution in [0.15, 0.2) is 12.1 Å². The maximum Gasteiger partial charge on any atom is 0.144 e. The van der Waals surface area contributed by atoms with E-state index in [9.17, 15) is 4.39 Å². The molecule has 0 spiro atoms. The van der Waals surface area contributed by atoms with E-state index in [0.29, 0.717) is 5.52 Å². The fraction of sp³-hybridized carbons (Fsp3) is 0.533. The SMILES string of the molecule is CC(Cl)c1nc2cc(Cl)c(F)cc2n1CCCC1CC1. The summed E-state index contributed by atoms with van der Waals surface area (Å²) in [6, 6.07) is 3.04. The molecule has 20 heavy (non-hydrogen) atoms. The molecule has 1 aromatic heterocycles. The van der Waals surface area contributed by atoms with E-state index < -0.39 is 5.82 Å². The quantitative estimate of drug-likeness (QED) is 0.683. The molecule has 0 N–H and O–H groups in total. The molecule has 1 unspecified atom stereocenters. The fourth-order valence-corrected chi connectivity index (χ4v) is 2.95. The van der Waals surface area contributed by atoms with Gasteiger partial charge in [0.1, 0.15) is 11.6 Å². The zero-order chi connectivity index (χ0) is 14.3. The highest BCUT2D eigenvalue weighted by Crippen LogP contribution is 2.34. The maximum atomic E-state index is 13.7. The standard InChI is InChI=1S/C15H17Cl2FN2/c1-9(16)15-19-13-7-11(17)12(18)8-14(13)20(15)6-2-3-10-4-5-10/h7-10H,2-6H2,1H3. The second-order valence-electron chi connectivity index (χ2n) is 5.58. The second kappa shape index (κ2) is 5.53. The molecule has 1 aliphatic carbocycles. The first-order valence-corrected chi connectivity index (χ1v) is 7.87. The number of hydrogen-bond acceptors (Lipinski definition) is 1. The van der Waals surface area contributed by atoms with Gasteiger partial charge in [0, 0.05) is 12.6 Å². The summed E-state index contributed by atoms with van der Waals surface area (Å²) in [6.07, 6.45) is 5.02. The van der Waals surface area contributed by atoms with E-state index in [1.54, 1.807) is 6.07 Å². The normalized spacial score (nSPS) is 16.8. The van der Waals surface area contributed by atoms with Gasteiger partial charge in [-0.2, -0.15) is 0 Å². The summed E-state index contributed by atoms with van der Waals surface area (Å²) in [5.74, 6) is 1.28. The van der Waals surface area contributed by atoms with Crippen LogP contribution < -0.4 is 0 Å². The predicted molar refractivity (Wildman–Crippen MR) is 80.9 cm³/mol. The van der Waals surface area contributed by atoms with Crippen LogP contribution >= 0.6 is 23.2 Å². The maximum absolute atomic E-state index is 13.7. The Morgan fingerprint density at radius 1 is 1.45 bits per heavy atom. The Kier molecular flexibility index (Phi) is 3.91. The highest BCUT2D eigenvalue weighted by molar-refractivity contribution is 6.31. The van der Waals surface area contributed by atoms with Crippen molar-refractivity contribution in [2.75, 3.05) is 0 Å². The van der Waals surface area contributed by atoms with Gasteiger partial charge in [0.15, 0.2) is 0 Å². The van der Waals surface area contributed by atoms with Crippen molar-refractivity contribution < 1.29 is 4.39 Å². The molecule has 2 nitrogen and oxygen atoms in total. The molecule has 1 heterocycles. The van der Waals surface area contributed by atoms with Gasteiger partial charge in [0.05, 0.1) is 21.4 Å². The third kappa shape index (κ3) is 2.79. The molecule has 0 saturated heterocycles. The van der Waals surface area contributed by atoms with Gasteiger partial charge in [0.2, 0.25) is 0 Å². The number of aromatic nitrogens is 2. The number of benzene rings is 1. The number of alkyl halides is 1. The highest BCUT2D eigenvalue weighted by atomic mass is 35.5. The van der Waals surface area contributed by atoms with Crippen LogP contribution in [0.3, 0.4) is 0 Å². The van der Waals surface area contributed by atoms with E-state index in [-0.39, 0.29) is 10.4 Å². The van der Waals surface area contributed by atoms with E-state index in [0.717, 1.165) is 30.2 Å². The van der Waals surface area contributed by atoms with Gasteiger partial charge in [0.25, 0.3) is 0 Å². The topological polar surface area (TPSA) is 17.8 Å². The van der Waals surface area contributed by atoms with E-state index in [1.807, 2.05) is 11.5 Å². The smallest absolute Gasteiger partial charge is 0.144 e. The van der Waals surface area contributed by atoms with Crippen LogP contribution in [-0.2, 0) is 6.54 Å². The molecule has 0 radical (unpaired) electrons. The fourth-order valence-electron chi connectivity index (χ4n) is 2.62. The van der Waals surface area contributed by atoms with Gasteiger partial charge < -0.3 is 4.57 Å².